The van der Waals surface area contributed by atoms with Crippen molar-refractivity contribution in [3.05, 3.63) is 12.2 Å². The number of carbonyl (C=O) groups is 1. The molecule has 0 unspecified atom stereocenters. The van der Waals surface area contributed by atoms with Crippen molar-refractivity contribution in [1.82, 2.24) is 0 Å². The first-order valence-corrected chi connectivity index (χ1v) is 12.1. The summed E-state index contributed by atoms with van der Waals surface area (Å²) in [5.74, 6) is -0.190. The Morgan fingerprint density at radius 2 is 0.963 bits per heavy atom. The molecule has 2 nitrogen and oxygen atoms in total. The van der Waals surface area contributed by atoms with Crippen molar-refractivity contribution < 1.29 is 9.53 Å². The van der Waals surface area contributed by atoms with Gasteiger partial charge in [0, 0.05) is 5.57 Å². The predicted octanol–water partition coefficient (Wildman–Crippen LogP) is 8.54. The Labute approximate surface area is 170 Å². The molecule has 0 heterocycles. The predicted molar refractivity (Wildman–Crippen MR) is 119 cm³/mol. The maximum absolute atomic E-state index is 11.7. The Hall–Kier alpha value is -0.790. The smallest absolute Gasteiger partial charge is 0.333 e. The fourth-order valence-electron chi connectivity index (χ4n) is 3.40. The van der Waals surface area contributed by atoms with Crippen LogP contribution in [0.2, 0.25) is 0 Å². The largest absolute Gasteiger partial charge is 0.462 e. The van der Waals surface area contributed by atoms with Crippen LogP contribution in [0.25, 0.3) is 0 Å². The van der Waals surface area contributed by atoms with Gasteiger partial charge in [-0.1, -0.05) is 123 Å². The van der Waals surface area contributed by atoms with Crippen LogP contribution in [-0.4, -0.2) is 12.6 Å². The zero-order valence-electron chi connectivity index (χ0n) is 18.7. The van der Waals surface area contributed by atoms with Gasteiger partial charge < -0.3 is 4.74 Å². The number of carbonyl (C=O) groups excluding carboxylic acids is 1. The third kappa shape index (κ3) is 19.8. The van der Waals surface area contributed by atoms with E-state index in [1.807, 2.05) is 0 Å². The van der Waals surface area contributed by atoms with Gasteiger partial charge in [-0.15, -0.1) is 0 Å². The Morgan fingerprint density at radius 1 is 0.593 bits per heavy atom. The topological polar surface area (TPSA) is 26.3 Å². The Kier molecular flexibility index (Phi) is 20.9. The molecule has 0 fully saturated rings. The Balaban J connectivity index is 3.20. The average Bonchev–Trinajstić information content (AvgIpc) is 2.67. The molecular weight excluding hydrogens is 332 g/mol. The normalized spacial score (nSPS) is 10.9. The van der Waals surface area contributed by atoms with Crippen LogP contribution in [0.15, 0.2) is 12.2 Å². The number of ether oxygens (including phenoxy) is 1. The molecule has 160 valence electrons. The summed E-state index contributed by atoms with van der Waals surface area (Å²) < 4.78 is 5.19. The van der Waals surface area contributed by atoms with E-state index in [-0.39, 0.29) is 5.97 Å². The molecule has 0 saturated heterocycles. The molecule has 0 amide bonds. The van der Waals surface area contributed by atoms with Gasteiger partial charge in [0.1, 0.15) is 0 Å². The molecule has 0 rings (SSSR count). The Morgan fingerprint density at radius 3 is 1.37 bits per heavy atom. The highest BCUT2D eigenvalue weighted by Crippen LogP contribution is 2.15. The number of hydrogen-bond acceptors (Lipinski definition) is 2. The standard InChI is InChI=1S/C25H48O2/c1-4-6-8-9-10-11-12-13-14-15-16-17-18-19-20-21-22-24(3)25(26)27-23-7-5-2/h3-23H2,1-2H3. The fraction of sp³-hybridized carbons (Fsp3) is 0.880. The number of hydrogen-bond donors (Lipinski definition) is 0. The first-order chi connectivity index (χ1) is 13.2. The summed E-state index contributed by atoms with van der Waals surface area (Å²) in [4.78, 5) is 11.7. The molecule has 0 N–H and O–H groups in total. The summed E-state index contributed by atoms with van der Waals surface area (Å²) in [6, 6.07) is 0. The molecule has 27 heavy (non-hydrogen) atoms. The minimum Gasteiger partial charge on any atom is -0.462 e. The summed E-state index contributed by atoms with van der Waals surface area (Å²) in [5.41, 5.74) is 0.650. The van der Waals surface area contributed by atoms with Crippen molar-refractivity contribution in [3.8, 4) is 0 Å². The quantitative estimate of drug-likeness (QED) is 0.113. The molecule has 0 bridgehead atoms. The van der Waals surface area contributed by atoms with Crippen LogP contribution in [-0.2, 0) is 9.53 Å². The van der Waals surface area contributed by atoms with Crippen LogP contribution < -0.4 is 0 Å². The molecule has 0 aromatic carbocycles. The zero-order chi connectivity index (χ0) is 20.0. The molecule has 0 spiro atoms. The highest BCUT2D eigenvalue weighted by Gasteiger charge is 2.07. The molecule has 0 aromatic heterocycles. The first-order valence-electron chi connectivity index (χ1n) is 12.1. The maximum Gasteiger partial charge on any atom is 0.333 e. The van der Waals surface area contributed by atoms with Crippen LogP contribution >= 0.6 is 0 Å². The summed E-state index contributed by atoms with van der Waals surface area (Å²) in [6.07, 6.45) is 24.7. The summed E-state index contributed by atoms with van der Waals surface area (Å²) in [6.45, 7) is 8.78. The third-order valence-electron chi connectivity index (χ3n) is 5.35. The van der Waals surface area contributed by atoms with E-state index in [0.29, 0.717) is 12.2 Å². The van der Waals surface area contributed by atoms with Gasteiger partial charge in [0.25, 0.3) is 0 Å². The molecule has 0 aromatic rings. The van der Waals surface area contributed by atoms with Crippen molar-refractivity contribution in [1.29, 1.82) is 0 Å². The van der Waals surface area contributed by atoms with E-state index in [2.05, 4.69) is 20.4 Å². The van der Waals surface area contributed by atoms with Gasteiger partial charge in [-0.25, -0.2) is 4.79 Å². The average molecular weight is 381 g/mol. The molecule has 0 saturated carbocycles. The van der Waals surface area contributed by atoms with Crippen LogP contribution in [0.1, 0.15) is 136 Å². The summed E-state index contributed by atoms with van der Waals surface area (Å²) in [7, 11) is 0. The minimum absolute atomic E-state index is 0.190. The van der Waals surface area contributed by atoms with Crippen LogP contribution in [0.5, 0.6) is 0 Å². The van der Waals surface area contributed by atoms with E-state index in [1.54, 1.807) is 0 Å². The second-order valence-electron chi connectivity index (χ2n) is 8.15. The lowest BCUT2D eigenvalue weighted by Gasteiger charge is -2.06. The molecule has 0 aliphatic carbocycles. The van der Waals surface area contributed by atoms with Crippen molar-refractivity contribution >= 4 is 5.97 Å². The Bertz CT molecular complexity index is 335. The maximum atomic E-state index is 11.7. The van der Waals surface area contributed by atoms with Crippen LogP contribution in [0.3, 0.4) is 0 Å². The molecular formula is C25H48O2. The second kappa shape index (κ2) is 21.5. The molecule has 0 aliphatic heterocycles. The van der Waals surface area contributed by atoms with Gasteiger partial charge in [-0.05, 0) is 19.3 Å². The lowest BCUT2D eigenvalue weighted by atomic mass is 10.0. The first kappa shape index (κ1) is 26.2. The summed E-state index contributed by atoms with van der Waals surface area (Å²) in [5, 5.41) is 0. The van der Waals surface area contributed by atoms with E-state index in [1.165, 1.54) is 96.3 Å². The molecule has 2 heteroatoms. The summed E-state index contributed by atoms with van der Waals surface area (Å²) >= 11 is 0. The zero-order valence-corrected chi connectivity index (χ0v) is 18.7. The van der Waals surface area contributed by atoms with Crippen LogP contribution in [0.4, 0.5) is 0 Å². The fourth-order valence-corrected chi connectivity index (χ4v) is 3.40. The third-order valence-corrected chi connectivity index (χ3v) is 5.35. The lowest BCUT2D eigenvalue weighted by molar-refractivity contribution is -0.139. The SMILES string of the molecule is C=C(CCCCCCCCCCCCCCCCCC)C(=O)OCCCC. The number of esters is 1. The second-order valence-corrected chi connectivity index (χ2v) is 8.15. The van der Waals surface area contributed by atoms with Crippen molar-refractivity contribution in [2.75, 3.05) is 6.61 Å². The van der Waals surface area contributed by atoms with E-state index in [4.69, 9.17) is 4.74 Å². The van der Waals surface area contributed by atoms with Gasteiger partial charge in [0.2, 0.25) is 0 Å². The highest BCUT2D eigenvalue weighted by atomic mass is 16.5. The molecule has 0 aliphatic rings. The van der Waals surface area contributed by atoms with Gasteiger partial charge >= 0.3 is 5.97 Å². The van der Waals surface area contributed by atoms with Gasteiger partial charge in [0.05, 0.1) is 6.61 Å². The monoisotopic (exact) mass is 380 g/mol. The van der Waals surface area contributed by atoms with E-state index in [0.717, 1.165) is 25.7 Å². The van der Waals surface area contributed by atoms with Crippen molar-refractivity contribution in [2.45, 2.75) is 136 Å². The van der Waals surface area contributed by atoms with E-state index >= 15 is 0 Å². The highest BCUT2D eigenvalue weighted by molar-refractivity contribution is 5.87. The van der Waals surface area contributed by atoms with Gasteiger partial charge in [-0.3, -0.25) is 0 Å². The lowest BCUT2D eigenvalue weighted by Crippen LogP contribution is -2.08. The van der Waals surface area contributed by atoms with Gasteiger partial charge in [-0.2, -0.15) is 0 Å². The van der Waals surface area contributed by atoms with Crippen molar-refractivity contribution in [2.24, 2.45) is 0 Å². The van der Waals surface area contributed by atoms with E-state index < -0.39 is 0 Å². The number of rotatable bonds is 21. The number of unbranched alkanes of at least 4 members (excludes halogenated alkanes) is 16. The van der Waals surface area contributed by atoms with Crippen molar-refractivity contribution in [3.63, 3.8) is 0 Å². The van der Waals surface area contributed by atoms with Gasteiger partial charge in [0.15, 0.2) is 0 Å². The minimum atomic E-state index is -0.190. The molecule has 0 atom stereocenters. The van der Waals surface area contributed by atoms with E-state index in [9.17, 15) is 4.79 Å². The molecule has 0 radical (unpaired) electrons. The van der Waals surface area contributed by atoms with Crippen LogP contribution in [0, 0.1) is 0 Å².